The molecule has 0 spiro atoms. The first kappa shape index (κ1) is 14.1. The third kappa shape index (κ3) is 2.83. The fourth-order valence-electron chi connectivity index (χ4n) is 1.67. The molecule has 0 unspecified atom stereocenters. The second-order valence-electron chi connectivity index (χ2n) is 3.93. The second kappa shape index (κ2) is 5.79. The number of anilines is 2. The Balaban J connectivity index is 2.30. The van der Waals surface area contributed by atoms with Crippen LogP contribution in [-0.2, 0) is 0 Å². The molecule has 106 valence electrons. The fraction of sp³-hybridized carbons (Fsp3) is 0.231. The number of nitrogens with one attached hydrogen (secondary N) is 1. The molecule has 0 bridgehead atoms. The summed E-state index contributed by atoms with van der Waals surface area (Å²) < 4.78 is 10.4. The van der Waals surface area contributed by atoms with E-state index in [4.69, 9.17) is 14.6 Å². The smallest absolute Gasteiger partial charge is 0.347 e. The summed E-state index contributed by atoms with van der Waals surface area (Å²) in [4.78, 5) is 15.4. The summed E-state index contributed by atoms with van der Waals surface area (Å²) >= 11 is 1.08. The molecular weight excluding hydrogens is 280 g/mol. The molecule has 0 aliphatic carbocycles. The normalized spacial score (nSPS) is 10.2. The van der Waals surface area contributed by atoms with Crippen LogP contribution in [0.5, 0.6) is 11.5 Å². The van der Waals surface area contributed by atoms with Gasteiger partial charge in [-0.05, 0) is 19.1 Å². The molecule has 0 aliphatic rings. The first-order valence-corrected chi connectivity index (χ1v) is 6.56. The molecule has 0 saturated heterocycles. The lowest BCUT2D eigenvalue weighted by molar-refractivity contribution is 0.0701. The zero-order valence-electron chi connectivity index (χ0n) is 11.3. The molecule has 1 aromatic heterocycles. The topological polar surface area (TPSA) is 80.7 Å². The quantitative estimate of drug-likeness (QED) is 0.882. The Labute approximate surface area is 120 Å². The van der Waals surface area contributed by atoms with E-state index in [9.17, 15) is 4.79 Å². The van der Waals surface area contributed by atoms with Gasteiger partial charge in [0.05, 0.1) is 25.6 Å². The predicted octanol–water partition coefficient (Wildman–Crippen LogP) is 2.91. The van der Waals surface area contributed by atoms with Crippen LogP contribution in [-0.4, -0.2) is 30.3 Å². The van der Waals surface area contributed by atoms with Gasteiger partial charge in [-0.3, -0.25) is 0 Å². The lowest BCUT2D eigenvalue weighted by Gasteiger charge is -2.10. The molecule has 7 heteroatoms. The summed E-state index contributed by atoms with van der Waals surface area (Å²) in [7, 11) is 3.13. The van der Waals surface area contributed by atoms with Crippen molar-refractivity contribution in [3.05, 3.63) is 28.8 Å². The van der Waals surface area contributed by atoms with Gasteiger partial charge in [-0.25, -0.2) is 9.78 Å². The van der Waals surface area contributed by atoms with E-state index in [1.807, 2.05) is 0 Å². The highest BCUT2D eigenvalue weighted by atomic mass is 32.1. The average molecular weight is 294 g/mol. The van der Waals surface area contributed by atoms with Crippen molar-refractivity contribution < 1.29 is 19.4 Å². The number of benzene rings is 1. The molecule has 0 aliphatic heterocycles. The van der Waals surface area contributed by atoms with Crippen LogP contribution in [0.4, 0.5) is 10.8 Å². The average Bonchev–Trinajstić information content (AvgIpc) is 2.80. The standard InChI is InChI=1S/C13H14N2O4S/c1-7-11(12(16)17)20-13(14-7)15-9-5-4-8(18-2)6-10(9)19-3/h4-6H,1-3H3,(H,14,15)(H,16,17). The largest absolute Gasteiger partial charge is 0.497 e. The number of aryl methyl sites for hydroxylation is 1. The minimum atomic E-state index is -0.977. The number of aromatic nitrogens is 1. The number of carbonyl (C=O) groups is 1. The van der Waals surface area contributed by atoms with E-state index in [2.05, 4.69) is 10.3 Å². The minimum absolute atomic E-state index is 0.222. The number of thiazole rings is 1. The molecule has 0 amide bonds. The minimum Gasteiger partial charge on any atom is -0.497 e. The van der Waals surface area contributed by atoms with Crippen LogP contribution in [0.25, 0.3) is 0 Å². The summed E-state index contributed by atoms with van der Waals surface area (Å²) in [6.45, 7) is 1.66. The van der Waals surface area contributed by atoms with Gasteiger partial charge < -0.3 is 19.9 Å². The molecule has 0 fully saturated rings. The number of rotatable bonds is 5. The van der Waals surface area contributed by atoms with Gasteiger partial charge in [0.25, 0.3) is 0 Å². The molecule has 1 heterocycles. The highest BCUT2D eigenvalue weighted by molar-refractivity contribution is 7.17. The van der Waals surface area contributed by atoms with E-state index in [0.717, 1.165) is 11.3 Å². The Bertz CT molecular complexity index is 639. The highest BCUT2D eigenvalue weighted by Gasteiger charge is 2.15. The first-order valence-electron chi connectivity index (χ1n) is 5.75. The van der Waals surface area contributed by atoms with Gasteiger partial charge in [0.2, 0.25) is 0 Å². The SMILES string of the molecule is COc1ccc(Nc2nc(C)c(C(=O)O)s2)c(OC)c1. The molecule has 1 aromatic carbocycles. The third-order valence-corrected chi connectivity index (χ3v) is 3.70. The predicted molar refractivity (Wildman–Crippen MR) is 76.6 cm³/mol. The van der Waals surface area contributed by atoms with E-state index in [1.54, 1.807) is 39.3 Å². The summed E-state index contributed by atoms with van der Waals surface area (Å²) in [5, 5.41) is 12.6. The van der Waals surface area contributed by atoms with Crippen LogP contribution in [0.1, 0.15) is 15.4 Å². The van der Waals surface area contributed by atoms with Gasteiger partial charge >= 0.3 is 5.97 Å². The van der Waals surface area contributed by atoms with Gasteiger partial charge in [0, 0.05) is 6.07 Å². The van der Waals surface area contributed by atoms with E-state index in [1.165, 1.54) is 0 Å². The van der Waals surface area contributed by atoms with Crippen LogP contribution in [0.3, 0.4) is 0 Å². The van der Waals surface area contributed by atoms with Crippen molar-refractivity contribution in [1.82, 2.24) is 4.98 Å². The second-order valence-corrected chi connectivity index (χ2v) is 4.93. The van der Waals surface area contributed by atoms with E-state index in [0.29, 0.717) is 28.0 Å². The lowest BCUT2D eigenvalue weighted by Crippen LogP contribution is -1.95. The van der Waals surface area contributed by atoms with Crippen molar-refractivity contribution in [2.45, 2.75) is 6.92 Å². The summed E-state index contributed by atoms with van der Waals surface area (Å²) in [6, 6.07) is 5.30. The van der Waals surface area contributed by atoms with E-state index < -0.39 is 5.97 Å². The number of hydrogen-bond donors (Lipinski definition) is 2. The van der Waals surface area contributed by atoms with Gasteiger partial charge in [-0.15, -0.1) is 0 Å². The third-order valence-electron chi connectivity index (χ3n) is 2.64. The van der Waals surface area contributed by atoms with Crippen LogP contribution in [0, 0.1) is 6.92 Å². The maximum absolute atomic E-state index is 11.0. The van der Waals surface area contributed by atoms with Crippen molar-refractivity contribution in [1.29, 1.82) is 0 Å². The molecule has 2 aromatic rings. The number of carboxylic acid groups (broad SMARTS) is 1. The zero-order valence-corrected chi connectivity index (χ0v) is 12.1. The molecule has 0 radical (unpaired) electrons. The van der Waals surface area contributed by atoms with Gasteiger partial charge in [0.15, 0.2) is 5.13 Å². The highest BCUT2D eigenvalue weighted by Crippen LogP contribution is 2.33. The first-order chi connectivity index (χ1) is 9.55. The van der Waals surface area contributed by atoms with Crippen LogP contribution < -0.4 is 14.8 Å². The zero-order chi connectivity index (χ0) is 14.7. The van der Waals surface area contributed by atoms with Gasteiger partial charge in [0.1, 0.15) is 16.4 Å². The van der Waals surface area contributed by atoms with Crippen molar-refractivity contribution in [3.8, 4) is 11.5 Å². The van der Waals surface area contributed by atoms with Crippen LogP contribution in [0.15, 0.2) is 18.2 Å². The number of hydrogen-bond acceptors (Lipinski definition) is 6. The number of nitrogens with zero attached hydrogens (tertiary/aromatic N) is 1. The van der Waals surface area contributed by atoms with Gasteiger partial charge in [-0.1, -0.05) is 11.3 Å². The molecule has 20 heavy (non-hydrogen) atoms. The Hall–Kier alpha value is -2.28. The lowest BCUT2D eigenvalue weighted by atomic mass is 10.3. The summed E-state index contributed by atoms with van der Waals surface area (Å²) in [5.41, 5.74) is 1.18. The van der Waals surface area contributed by atoms with E-state index >= 15 is 0 Å². The van der Waals surface area contributed by atoms with Crippen molar-refractivity contribution in [2.75, 3.05) is 19.5 Å². The molecule has 2 rings (SSSR count). The number of aromatic carboxylic acids is 1. The van der Waals surface area contributed by atoms with Crippen LogP contribution in [0.2, 0.25) is 0 Å². The molecule has 2 N–H and O–H groups in total. The number of carboxylic acids is 1. The Morgan fingerprint density at radius 3 is 2.65 bits per heavy atom. The van der Waals surface area contributed by atoms with E-state index in [-0.39, 0.29) is 4.88 Å². The number of ether oxygens (including phenoxy) is 2. The molecule has 6 nitrogen and oxygen atoms in total. The Morgan fingerprint density at radius 1 is 1.35 bits per heavy atom. The monoisotopic (exact) mass is 294 g/mol. The maximum Gasteiger partial charge on any atom is 0.347 e. The van der Waals surface area contributed by atoms with Crippen LogP contribution >= 0.6 is 11.3 Å². The summed E-state index contributed by atoms with van der Waals surface area (Å²) in [5.74, 6) is 0.290. The Morgan fingerprint density at radius 2 is 2.10 bits per heavy atom. The molecule has 0 atom stereocenters. The molecular formula is C13H14N2O4S. The van der Waals surface area contributed by atoms with Crippen molar-refractivity contribution >= 4 is 28.1 Å². The Kier molecular flexibility index (Phi) is 4.09. The van der Waals surface area contributed by atoms with Crippen molar-refractivity contribution in [3.63, 3.8) is 0 Å². The fourth-order valence-corrected chi connectivity index (χ4v) is 2.48. The van der Waals surface area contributed by atoms with Crippen molar-refractivity contribution in [2.24, 2.45) is 0 Å². The number of methoxy groups -OCH3 is 2. The van der Waals surface area contributed by atoms with Gasteiger partial charge in [-0.2, -0.15) is 0 Å². The molecule has 0 saturated carbocycles. The summed E-state index contributed by atoms with van der Waals surface area (Å²) in [6.07, 6.45) is 0. The maximum atomic E-state index is 11.0.